The summed E-state index contributed by atoms with van der Waals surface area (Å²) in [4.78, 5) is 24.8. The molecule has 2 aromatic carbocycles. The molecule has 1 aromatic heterocycles. The lowest BCUT2D eigenvalue weighted by Gasteiger charge is -2.30. The molecule has 1 aliphatic rings. The van der Waals surface area contributed by atoms with Crippen molar-refractivity contribution in [3.63, 3.8) is 0 Å². The summed E-state index contributed by atoms with van der Waals surface area (Å²) in [6.07, 6.45) is 0.834. The highest BCUT2D eigenvalue weighted by atomic mass is 32.2. The van der Waals surface area contributed by atoms with Crippen LogP contribution >= 0.6 is 0 Å². The standard InChI is InChI=1S/C22H25FN4O4S/c1-25-19-8-7-18(13-20(19)26(2)22(25)29)24-21(28)16-9-11-27(12-10-16)32(30,31)14-15-3-5-17(23)6-4-15/h3-8,13,16H,9-12,14H2,1-2H3,(H,24,28). The minimum atomic E-state index is -3.54. The number of hydrogen-bond donors (Lipinski definition) is 1. The lowest BCUT2D eigenvalue weighted by atomic mass is 9.97. The SMILES string of the molecule is Cn1c(=O)n(C)c2cc(NC(=O)C3CCN(S(=O)(=O)Cc4ccc(F)cc4)CC3)ccc21. The van der Waals surface area contributed by atoms with Gasteiger partial charge in [0.1, 0.15) is 5.82 Å². The summed E-state index contributed by atoms with van der Waals surface area (Å²) in [5.41, 5.74) is 2.47. The zero-order chi connectivity index (χ0) is 23.0. The van der Waals surface area contributed by atoms with Crippen molar-refractivity contribution in [2.24, 2.45) is 20.0 Å². The van der Waals surface area contributed by atoms with Gasteiger partial charge >= 0.3 is 5.69 Å². The number of nitrogens with one attached hydrogen (secondary N) is 1. The van der Waals surface area contributed by atoms with E-state index >= 15 is 0 Å². The van der Waals surface area contributed by atoms with Gasteiger partial charge in [-0.25, -0.2) is 21.9 Å². The van der Waals surface area contributed by atoms with E-state index in [2.05, 4.69) is 5.32 Å². The molecule has 0 aliphatic carbocycles. The Bertz CT molecular complexity index is 1320. The summed E-state index contributed by atoms with van der Waals surface area (Å²) in [6, 6.07) is 10.7. The van der Waals surface area contributed by atoms with Gasteiger partial charge < -0.3 is 5.32 Å². The molecular formula is C22H25FN4O4S. The monoisotopic (exact) mass is 460 g/mol. The number of aryl methyl sites for hydroxylation is 2. The van der Waals surface area contributed by atoms with E-state index in [1.54, 1.807) is 36.9 Å². The molecule has 10 heteroatoms. The third-order valence-corrected chi connectivity index (χ3v) is 7.87. The summed E-state index contributed by atoms with van der Waals surface area (Å²) in [6.45, 7) is 0.516. The first kappa shape index (κ1) is 22.2. The van der Waals surface area contributed by atoms with Crippen LogP contribution in [0.25, 0.3) is 11.0 Å². The average molecular weight is 461 g/mol. The number of aromatic nitrogens is 2. The van der Waals surface area contributed by atoms with E-state index < -0.39 is 15.8 Å². The van der Waals surface area contributed by atoms with Gasteiger partial charge in [-0.3, -0.25) is 13.9 Å². The number of fused-ring (bicyclic) bond motifs is 1. The van der Waals surface area contributed by atoms with Gasteiger partial charge in [-0.2, -0.15) is 0 Å². The second-order valence-corrected chi connectivity index (χ2v) is 10.1. The fourth-order valence-electron chi connectivity index (χ4n) is 4.11. The van der Waals surface area contributed by atoms with Crippen LogP contribution in [0.3, 0.4) is 0 Å². The van der Waals surface area contributed by atoms with E-state index in [0.717, 1.165) is 11.0 Å². The molecule has 32 heavy (non-hydrogen) atoms. The van der Waals surface area contributed by atoms with E-state index in [4.69, 9.17) is 0 Å². The van der Waals surface area contributed by atoms with E-state index in [1.165, 1.54) is 33.1 Å². The average Bonchev–Trinajstić information content (AvgIpc) is 2.99. The Labute approximate surface area is 185 Å². The van der Waals surface area contributed by atoms with Crippen molar-refractivity contribution >= 4 is 32.7 Å². The number of sulfonamides is 1. The number of piperidine rings is 1. The largest absolute Gasteiger partial charge is 0.328 e. The predicted octanol–water partition coefficient (Wildman–Crippen LogP) is 2.20. The molecule has 1 aliphatic heterocycles. The molecule has 170 valence electrons. The predicted molar refractivity (Wildman–Crippen MR) is 120 cm³/mol. The van der Waals surface area contributed by atoms with Gasteiger partial charge in [-0.15, -0.1) is 0 Å². The fraction of sp³-hybridized carbons (Fsp3) is 0.364. The zero-order valence-corrected chi connectivity index (χ0v) is 18.7. The van der Waals surface area contributed by atoms with Crippen LogP contribution in [-0.2, 0) is 34.7 Å². The fourth-order valence-corrected chi connectivity index (χ4v) is 5.67. The number of amides is 1. The van der Waals surface area contributed by atoms with Crippen molar-refractivity contribution in [2.45, 2.75) is 18.6 Å². The zero-order valence-electron chi connectivity index (χ0n) is 17.9. The first-order valence-electron chi connectivity index (χ1n) is 10.3. The van der Waals surface area contributed by atoms with Crippen molar-refractivity contribution in [1.29, 1.82) is 0 Å². The van der Waals surface area contributed by atoms with Crippen LogP contribution in [-0.4, -0.2) is 40.9 Å². The lowest BCUT2D eigenvalue weighted by molar-refractivity contribution is -0.120. The number of imidazole rings is 1. The molecule has 0 radical (unpaired) electrons. The highest BCUT2D eigenvalue weighted by molar-refractivity contribution is 7.88. The van der Waals surface area contributed by atoms with Crippen LogP contribution in [0.5, 0.6) is 0 Å². The normalized spacial score (nSPS) is 15.8. The minimum absolute atomic E-state index is 0.141. The van der Waals surface area contributed by atoms with Crippen molar-refractivity contribution < 1.29 is 17.6 Å². The van der Waals surface area contributed by atoms with E-state index in [0.29, 0.717) is 24.1 Å². The Morgan fingerprint density at radius 1 is 1.03 bits per heavy atom. The molecule has 1 amide bonds. The van der Waals surface area contributed by atoms with E-state index in [-0.39, 0.29) is 36.4 Å². The number of benzene rings is 2. The van der Waals surface area contributed by atoms with E-state index in [9.17, 15) is 22.4 Å². The number of carbonyl (C=O) groups is 1. The summed E-state index contributed by atoms with van der Waals surface area (Å²) < 4.78 is 42.9. The molecular weight excluding hydrogens is 435 g/mol. The van der Waals surface area contributed by atoms with Gasteiger partial charge in [0, 0.05) is 38.8 Å². The smallest absolute Gasteiger partial charge is 0.326 e. The van der Waals surface area contributed by atoms with Crippen LogP contribution in [0.15, 0.2) is 47.3 Å². The molecule has 3 aromatic rings. The Morgan fingerprint density at radius 2 is 1.66 bits per heavy atom. The third-order valence-electron chi connectivity index (χ3n) is 6.02. The number of rotatable bonds is 5. The second kappa shape index (κ2) is 8.51. The summed E-state index contributed by atoms with van der Waals surface area (Å²) in [5, 5.41) is 2.89. The maximum atomic E-state index is 13.1. The van der Waals surface area contributed by atoms with Gasteiger partial charge in [-0.1, -0.05) is 12.1 Å². The van der Waals surface area contributed by atoms with Crippen LogP contribution in [0.2, 0.25) is 0 Å². The van der Waals surface area contributed by atoms with E-state index in [1.807, 2.05) is 0 Å². The van der Waals surface area contributed by atoms with Crippen LogP contribution in [0, 0.1) is 11.7 Å². The topological polar surface area (TPSA) is 93.4 Å². The highest BCUT2D eigenvalue weighted by Crippen LogP contribution is 2.24. The van der Waals surface area contributed by atoms with Gasteiger partial charge in [0.15, 0.2) is 0 Å². The quantitative estimate of drug-likeness (QED) is 0.632. The molecule has 0 bridgehead atoms. The van der Waals surface area contributed by atoms with Gasteiger partial charge in [0.25, 0.3) is 0 Å². The molecule has 0 saturated carbocycles. The molecule has 0 atom stereocenters. The molecule has 8 nitrogen and oxygen atoms in total. The Kier molecular flexibility index (Phi) is 5.91. The van der Waals surface area contributed by atoms with Crippen molar-refractivity contribution in [1.82, 2.24) is 13.4 Å². The number of halogens is 1. The Balaban J connectivity index is 1.38. The summed E-state index contributed by atoms with van der Waals surface area (Å²) in [5.74, 6) is -1.07. The van der Waals surface area contributed by atoms with Crippen LogP contribution in [0.1, 0.15) is 18.4 Å². The molecule has 0 spiro atoms. The Morgan fingerprint density at radius 3 is 2.31 bits per heavy atom. The third kappa shape index (κ3) is 4.33. The molecule has 1 fully saturated rings. The lowest BCUT2D eigenvalue weighted by Crippen LogP contribution is -2.41. The molecule has 1 saturated heterocycles. The van der Waals surface area contributed by atoms with Crippen molar-refractivity contribution in [3.05, 3.63) is 64.3 Å². The maximum absolute atomic E-state index is 13.1. The number of nitrogens with zero attached hydrogens (tertiary/aromatic N) is 3. The summed E-state index contributed by atoms with van der Waals surface area (Å²) in [7, 11) is -0.169. The number of hydrogen-bond acceptors (Lipinski definition) is 4. The van der Waals surface area contributed by atoms with Gasteiger partial charge in [0.2, 0.25) is 15.9 Å². The molecule has 0 unspecified atom stereocenters. The first-order chi connectivity index (χ1) is 15.2. The molecule has 4 rings (SSSR count). The van der Waals surface area contributed by atoms with Gasteiger partial charge in [-0.05, 0) is 48.7 Å². The number of carbonyl (C=O) groups excluding carboxylic acids is 1. The summed E-state index contributed by atoms with van der Waals surface area (Å²) >= 11 is 0. The highest BCUT2D eigenvalue weighted by Gasteiger charge is 2.31. The second-order valence-electron chi connectivity index (χ2n) is 8.15. The molecule has 2 heterocycles. The first-order valence-corrected chi connectivity index (χ1v) is 12.0. The van der Waals surface area contributed by atoms with Gasteiger partial charge in [0.05, 0.1) is 16.8 Å². The van der Waals surface area contributed by atoms with Crippen LogP contribution < -0.4 is 11.0 Å². The minimum Gasteiger partial charge on any atom is -0.326 e. The van der Waals surface area contributed by atoms with Crippen molar-refractivity contribution in [2.75, 3.05) is 18.4 Å². The number of anilines is 1. The van der Waals surface area contributed by atoms with Crippen molar-refractivity contribution in [3.8, 4) is 0 Å². The molecule has 1 N–H and O–H groups in total. The maximum Gasteiger partial charge on any atom is 0.328 e. The van der Waals surface area contributed by atoms with Crippen LogP contribution in [0.4, 0.5) is 10.1 Å². The Hall–Kier alpha value is -2.98.